The Morgan fingerprint density at radius 1 is 0.690 bits per heavy atom. The number of nitrogens with zero attached hydrogens (tertiary/aromatic N) is 6. The minimum absolute atomic E-state index is 0.106. The third-order valence-electron chi connectivity index (χ3n) is 3.02. The van der Waals surface area contributed by atoms with Crippen molar-refractivity contribution in [2.75, 3.05) is 0 Å². The van der Waals surface area contributed by atoms with Gasteiger partial charge in [0.1, 0.15) is 11.1 Å². The fourth-order valence-electron chi connectivity index (χ4n) is 1.78. The van der Waals surface area contributed by atoms with Gasteiger partial charge < -0.3 is 0 Å². The molecule has 14 nitrogen and oxygen atoms in total. The summed E-state index contributed by atoms with van der Waals surface area (Å²) in [6.07, 6.45) is 0. The van der Waals surface area contributed by atoms with Crippen LogP contribution in [0, 0.1) is 63.1 Å². The van der Waals surface area contributed by atoms with Crippen LogP contribution < -0.4 is 0 Å². The first-order valence-corrected chi connectivity index (χ1v) is 7.26. The van der Waals surface area contributed by atoms with Gasteiger partial charge in [-0.15, -0.1) is 0 Å². The lowest BCUT2D eigenvalue weighted by molar-refractivity contribution is -0.394. The van der Waals surface area contributed by atoms with Crippen molar-refractivity contribution in [2.24, 2.45) is 0 Å². The van der Waals surface area contributed by atoms with Crippen LogP contribution in [0.5, 0.6) is 0 Å². The fourth-order valence-corrected chi connectivity index (χ4v) is 2.00. The topological polar surface area (TPSA) is 220 Å². The van der Waals surface area contributed by atoms with E-state index in [0.29, 0.717) is 6.07 Å². The van der Waals surface area contributed by atoms with E-state index in [1.807, 2.05) is 0 Å². The van der Waals surface area contributed by atoms with Gasteiger partial charge >= 0.3 is 0 Å². The van der Waals surface area contributed by atoms with Crippen LogP contribution in [0.3, 0.4) is 0 Å². The fraction of sp³-hybridized carbons (Fsp3) is 0. The summed E-state index contributed by atoms with van der Waals surface area (Å²) < 4.78 is 0. The van der Waals surface area contributed by atoms with Gasteiger partial charge in [-0.05, 0) is 0 Å². The van der Waals surface area contributed by atoms with Gasteiger partial charge in [0.15, 0.2) is 0 Å². The molecule has 2 rings (SSSR count). The number of hydrogen-bond acceptors (Lipinski definition) is 10. The summed E-state index contributed by atoms with van der Waals surface area (Å²) in [6, 6.07) is 7.51. The molecule has 0 fully saturated rings. The smallest absolute Gasteiger partial charge is 0.258 e. The third kappa shape index (κ3) is 5.64. The molecule has 0 N–H and O–H groups in total. The van der Waals surface area contributed by atoms with Gasteiger partial charge in [0.25, 0.3) is 22.7 Å². The molecule has 15 heteroatoms. The van der Waals surface area contributed by atoms with Crippen molar-refractivity contribution in [3.63, 3.8) is 0 Å². The van der Waals surface area contributed by atoms with E-state index in [1.165, 1.54) is 0 Å². The van der Waals surface area contributed by atoms with Crippen molar-refractivity contribution < 1.29 is 19.7 Å². The van der Waals surface area contributed by atoms with E-state index in [0.717, 1.165) is 24.3 Å². The van der Waals surface area contributed by atoms with Gasteiger partial charge in [0.05, 0.1) is 49.0 Å². The molecule has 0 aliphatic rings. The molecule has 29 heavy (non-hydrogen) atoms. The zero-order chi connectivity index (χ0) is 22.3. The second-order valence-corrected chi connectivity index (χ2v) is 5.19. The van der Waals surface area contributed by atoms with Gasteiger partial charge in [-0.2, -0.15) is 10.5 Å². The lowest BCUT2D eigenvalue weighted by atomic mass is 10.2. The van der Waals surface area contributed by atoms with Crippen LogP contribution in [0.2, 0.25) is 5.02 Å². The molecule has 0 aliphatic carbocycles. The molecule has 0 atom stereocenters. The average Bonchev–Trinajstić information content (AvgIpc) is 2.67. The monoisotopic (exact) mass is 420 g/mol. The van der Waals surface area contributed by atoms with E-state index < -0.39 is 47.5 Å². The van der Waals surface area contributed by atoms with Crippen molar-refractivity contribution in [3.05, 3.63) is 86.9 Å². The Morgan fingerprint density at radius 2 is 1.14 bits per heavy atom. The van der Waals surface area contributed by atoms with Crippen LogP contribution in [-0.4, -0.2) is 19.7 Å². The molecule has 0 aromatic heterocycles. The van der Waals surface area contributed by atoms with Gasteiger partial charge in [-0.3, -0.25) is 40.5 Å². The van der Waals surface area contributed by atoms with Gasteiger partial charge in [0, 0.05) is 18.2 Å². The lowest BCUT2D eigenvalue weighted by Gasteiger charge is -1.97. The molecule has 0 saturated heterocycles. The van der Waals surface area contributed by atoms with Gasteiger partial charge in [-0.25, -0.2) is 0 Å². The summed E-state index contributed by atoms with van der Waals surface area (Å²) in [5.41, 5.74) is -2.51. The Bertz CT molecular complexity index is 1090. The highest BCUT2D eigenvalue weighted by Crippen LogP contribution is 2.32. The van der Waals surface area contributed by atoms with Crippen LogP contribution in [-0.2, 0) is 0 Å². The highest BCUT2D eigenvalue weighted by molar-refractivity contribution is 6.33. The second-order valence-electron chi connectivity index (χ2n) is 4.82. The first kappa shape index (κ1) is 22.4. The maximum Gasteiger partial charge on any atom is 0.296 e. The first-order valence-electron chi connectivity index (χ1n) is 6.88. The highest BCUT2D eigenvalue weighted by atomic mass is 35.5. The maximum atomic E-state index is 10.5. The molecule has 0 amide bonds. The normalized spacial score (nSPS) is 9.21. The number of nitro groups is 4. The molecule has 0 bridgehead atoms. The highest BCUT2D eigenvalue weighted by Gasteiger charge is 2.22. The Hall–Kier alpha value is -4.69. The summed E-state index contributed by atoms with van der Waals surface area (Å²) in [5, 5.41) is 58.1. The molecule has 0 saturated carbocycles. The van der Waals surface area contributed by atoms with E-state index in [4.69, 9.17) is 22.1 Å². The first-order chi connectivity index (χ1) is 13.5. The quantitative estimate of drug-likeness (QED) is 0.517. The maximum absolute atomic E-state index is 10.5. The summed E-state index contributed by atoms with van der Waals surface area (Å²) in [6.45, 7) is 0. The van der Waals surface area contributed by atoms with Gasteiger partial charge in [-0.1, -0.05) is 11.6 Å². The molecular formula is C14H5ClN6O8. The predicted octanol–water partition coefficient (Wildman–Crippen LogP) is 3.40. The van der Waals surface area contributed by atoms with Crippen LogP contribution in [0.4, 0.5) is 22.7 Å². The Balaban J connectivity index is 0.000000291. The van der Waals surface area contributed by atoms with Crippen LogP contribution >= 0.6 is 11.6 Å². The molecule has 0 aliphatic heterocycles. The Morgan fingerprint density at radius 3 is 1.48 bits per heavy atom. The molecule has 2 aromatic carbocycles. The number of non-ortho nitro benzene ring substituents is 3. The van der Waals surface area contributed by atoms with Crippen molar-refractivity contribution in [3.8, 4) is 12.1 Å². The molecule has 0 unspecified atom stereocenters. The molecule has 0 heterocycles. The standard InChI is InChI=1S/C7H2ClN3O4.C7H3N3O4/c8-7-4(3-9)1-5(10(12)13)2-6(7)11(14)15;8-4-5-1-6(9(11)12)3-7(2-5)10(13)14/h1-2H;1-3H. The number of nitriles is 2. The minimum atomic E-state index is -0.879. The van der Waals surface area contributed by atoms with Crippen molar-refractivity contribution in [1.29, 1.82) is 10.5 Å². The number of halogens is 1. The van der Waals surface area contributed by atoms with Crippen molar-refractivity contribution in [1.82, 2.24) is 0 Å². The minimum Gasteiger partial charge on any atom is -0.258 e. The Labute approximate surface area is 164 Å². The van der Waals surface area contributed by atoms with Crippen LogP contribution in [0.15, 0.2) is 30.3 Å². The lowest BCUT2D eigenvalue weighted by Crippen LogP contribution is -1.95. The second kappa shape index (κ2) is 9.31. The van der Waals surface area contributed by atoms with Crippen molar-refractivity contribution in [2.45, 2.75) is 0 Å². The van der Waals surface area contributed by atoms with Crippen molar-refractivity contribution >= 4 is 34.4 Å². The molecular weight excluding hydrogens is 416 g/mol. The van der Waals surface area contributed by atoms with E-state index >= 15 is 0 Å². The number of nitro benzene ring substituents is 4. The Kier molecular flexibility index (Phi) is 7.17. The zero-order valence-corrected chi connectivity index (χ0v) is 14.5. The average molecular weight is 421 g/mol. The summed E-state index contributed by atoms with van der Waals surface area (Å²) >= 11 is 5.49. The number of hydrogen-bond donors (Lipinski definition) is 0. The van der Waals surface area contributed by atoms with E-state index in [2.05, 4.69) is 0 Å². The van der Waals surface area contributed by atoms with Gasteiger partial charge in [0.2, 0.25) is 0 Å². The predicted molar refractivity (Wildman–Crippen MR) is 93.9 cm³/mol. The SMILES string of the molecule is N#Cc1cc([N+](=O)[O-])cc([N+](=O)[O-])c1.N#Cc1cc([N+](=O)[O-])cc([N+](=O)[O-])c1Cl. The number of rotatable bonds is 4. The van der Waals surface area contributed by atoms with Crippen LogP contribution in [0.25, 0.3) is 0 Å². The molecule has 2 aromatic rings. The molecule has 0 radical (unpaired) electrons. The van der Waals surface area contributed by atoms with E-state index in [1.54, 1.807) is 12.1 Å². The largest absolute Gasteiger partial charge is 0.296 e. The molecule has 146 valence electrons. The van der Waals surface area contributed by atoms with Crippen LogP contribution in [0.1, 0.15) is 11.1 Å². The summed E-state index contributed by atoms with van der Waals surface area (Å²) in [4.78, 5) is 38.2. The number of benzene rings is 2. The zero-order valence-electron chi connectivity index (χ0n) is 13.7. The summed E-state index contributed by atoms with van der Waals surface area (Å²) in [5.74, 6) is 0. The van der Waals surface area contributed by atoms with E-state index in [-0.39, 0.29) is 11.1 Å². The van der Waals surface area contributed by atoms with E-state index in [9.17, 15) is 40.5 Å². The summed E-state index contributed by atoms with van der Waals surface area (Å²) in [7, 11) is 0. The third-order valence-corrected chi connectivity index (χ3v) is 3.42. The molecule has 0 spiro atoms.